The first-order valence-electron chi connectivity index (χ1n) is 20.7. The van der Waals surface area contributed by atoms with E-state index in [1.54, 1.807) is 27.4 Å². The van der Waals surface area contributed by atoms with Gasteiger partial charge in [-0.25, -0.2) is 0 Å². The van der Waals surface area contributed by atoms with Gasteiger partial charge in [-0.05, 0) is 69.8 Å². The molecule has 6 heterocycles. The van der Waals surface area contributed by atoms with Gasteiger partial charge in [0, 0.05) is 40.4 Å². The van der Waals surface area contributed by atoms with E-state index in [0.29, 0.717) is 19.3 Å². The Morgan fingerprint density at radius 3 is 2.21 bits per heavy atom. The summed E-state index contributed by atoms with van der Waals surface area (Å²) in [5, 5.41) is 33.0. The maximum atomic E-state index is 13.8. The summed E-state index contributed by atoms with van der Waals surface area (Å²) in [6, 6.07) is 0. The van der Waals surface area contributed by atoms with Crippen molar-refractivity contribution in [3.63, 3.8) is 0 Å². The highest BCUT2D eigenvalue weighted by Gasteiger charge is 2.59. The lowest BCUT2D eigenvalue weighted by molar-refractivity contribution is -0.337. The van der Waals surface area contributed by atoms with Crippen molar-refractivity contribution in [1.29, 1.82) is 0 Å². The van der Waals surface area contributed by atoms with Gasteiger partial charge in [0.2, 0.25) is 5.79 Å². The first kappa shape index (κ1) is 41.0. The summed E-state index contributed by atoms with van der Waals surface area (Å²) in [4.78, 5) is 13.8. The molecule has 6 aliphatic heterocycles. The van der Waals surface area contributed by atoms with Crippen molar-refractivity contribution in [3.05, 3.63) is 23.5 Å². The van der Waals surface area contributed by atoms with Crippen LogP contribution in [0.25, 0.3) is 0 Å². The lowest BCUT2D eigenvalue weighted by atomic mass is 9.55. The quantitative estimate of drug-likeness (QED) is 0.241. The molecule has 8 aliphatic rings. The fraction of sp³-hybridized carbons (Fsp3) is 0.878. The summed E-state index contributed by atoms with van der Waals surface area (Å²) in [6.45, 7) is 9.92. The Labute approximate surface area is 329 Å². The second-order valence-electron chi connectivity index (χ2n) is 17.7. The molecule has 0 spiro atoms. The third-order valence-electron chi connectivity index (χ3n) is 14.2. The van der Waals surface area contributed by atoms with E-state index in [9.17, 15) is 20.1 Å². The van der Waals surface area contributed by atoms with Crippen LogP contribution in [0.3, 0.4) is 0 Å². The van der Waals surface area contributed by atoms with Crippen LogP contribution in [0.15, 0.2) is 23.5 Å². The van der Waals surface area contributed by atoms with Gasteiger partial charge in [-0.1, -0.05) is 18.6 Å². The molecule has 8 rings (SSSR count). The van der Waals surface area contributed by atoms with Crippen LogP contribution in [0.2, 0.25) is 0 Å². The normalized spacial score (nSPS) is 51.9. The summed E-state index contributed by atoms with van der Waals surface area (Å²) >= 11 is 0. The van der Waals surface area contributed by atoms with Gasteiger partial charge in [0.15, 0.2) is 18.9 Å². The number of rotatable bonds is 8. The van der Waals surface area contributed by atoms with E-state index in [0.717, 1.165) is 36.8 Å². The number of carbonyl (C=O) groups excluding carboxylic acids is 1. The molecule has 316 valence electrons. The minimum atomic E-state index is -0.959. The van der Waals surface area contributed by atoms with Crippen molar-refractivity contribution in [2.45, 2.75) is 184 Å². The van der Waals surface area contributed by atoms with Crippen molar-refractivity contribution >= 4 is 5.97 Å². The monoisotopic (exact) mass is 794 g/mol. The molecule has 3 N–H and O–H groups in total. The Balaban J connectivity index is 0.865. The number of carbonyl (C=O) groups is 1. The topological polar surface area (TPSA) is 179 Å². The van der Waals surface area contributed by atoms with Gasteiger partial charge >= 0.3 is 5.97 Å². The standard InChI is InChI=1S/C41H62O15/c1-19-36(44)28(46-6)15-33(50-19)55-37-20(2)51-31(14-27(37)43)56-38-21(3)52-32(16-29(38)47-7)53-24-10-11-40(4)23(12-24)13-26(42)34-25(40)9-8-22-17-48-41(5)35(22)30(18-49-41)54-39(34)45/h13,17,19-21,24-38,42-44H,8-12,14-16,18H2,1-7H3. The van der Waals surface area contributed by atoms with E-state index in [2.05, 4.69) is 6.92 Å². The number of aliphatic hydroxyl groups is 3. The number of hydrogen-bond donors (Lipinski definition) is 3. The molecule has 15 heteroatoms. The van der Waals surface area contributed by atoms with Gasteiger partial charge in [0.1, 0.15) is 24.4 Å². The van der Waals surface area contributed by atoms with E-state index in [1.165, 1.54) is 0 Å². The van der Waals surface area contributed by atoms with Crippen molar-refractivity contribution in [2.75, 3.05) is 20.8 Å². The maximum absolute atomic E-state index is 13.8. The minimum Gasteiger partial charge on any atom is -0.469 e. The average molecular weight is 795 g/mol. The van der Waals surface area contributed by atoms with E-state index in [-0.39, 0.29) is 48.5 Å². The van der Waals surface area contributed by atoms with Gasteiger partial charge in [0.25, 0.3) is 0 Å². The third-order valence-corrected chi connectivity index (χ3v) is 14.2. The highest BCUT2D eigenvalue weighted by molar-refractivity contribution is 5.75. The fourth-order valence-corrected chi connectivity index (χ4v) is 11.0. The van der Waals surface area contributed by atoms with Gasteiger partial charge in [-0.15, -0.1) is 0 Å². The Bertz CT molecular complexity index is 1480. The smallest absolute Gasteiger partial charge is 0.312 e. The van der Waals surface area contributed by atoms with Gasteiger partial charge < -0.3 is 67.4 Å². The second-order valence-corrected chi connectivity index (χ2v) is 17.7. The van der Waals surface area contributed by atoms with Gasteiger partial charge in [0.05, 0.1) is 73.5 Å². The SMILES string of the molecule is COC1CC(OC2C(O)CC(OC3C(C)OC(OC4CCC5(C)C(=CC(O)C6C(=O)OC7COC8(C)OC=C(CCC65)C78)C4)CC3OC)OC2C)OC(C)C1O. The van der Waals surface area contributed by atoms with E-state index in [4.69, 9.17) is 52.1 Å². The predicted octanol–water partition coefficient (Wildman–Crippen LogP) is 3.00. The molecule has 0 radical (unpaired) electrons. The number of fused-ring (bicyclic) bond motifs is 3. The second kappa shape index (κ2) is 16.0. The minimum absolute atomic E-state index is 0.105. The van der Waals surface area contributed by atoms with E-state index < -0.39 is 91.6 Å². The van der Waals surface area contributed by atoms with Crippen LogP contribution in [0, 0.1) is 23.2 Å². The largest absolute Gasteiger partial charge is 0.469 e. The summed E-state index contributed by atoms with van der Waals surface area (Å²) < 4.78 is 67.0. The lowest BCUT2D eigenvalue weighted by Gasteiger charge is -2.51. The molecular weight excluding hydrogens is 732 g/mol. The molecule has 20 unspecified atom stereocenters. The van der Waals surface area contributed by atoms with Crippen LogP contribution in [0.1, 0.15) is 86.0 Å². The highest BCUT2D eigenvalue weighted by atomic mass is 16.7. The number of hydrogen-bond acceptors (Lipinski definition) is 15. The van der Waals surface area contributed by atoms with Gasteiger partial charge in [-0.2, -0.15) is 0 Å². The Morgan fingerprint density at radius 1 is 0.821 bits per heavy atom. The zero-order valence-corrected chi connectivity index (χ0v) is 33.7. The molecule has 0 aromatic rings. The molecule has 20 atom stereocenters. The van der Waals surface area contributed by atoms with Gasteiger partial charge in [-0.3, -0.25) is 4.79 Å². The Kier molecular flexibility index (Phi) is 11.7. The average Bonchev–Trinajstić information content (AvgIpc) is 3.67. The van der Waals surface area contributed by atoms with Crippen LogP contribution in [0.4, 0.5) is 0 Å². The zero-order chi connectivity index (χ0) is 39.7. The summed E-state index contributed by atoms with van der Waals surface area (Å²) in [7, 11) is 3.18. The van der Waals surface area contributed by atoms with Crippen LogP contribution in [0.5, 0.6) is 0 Å². The molecule has 6 fully saturated rings. The molecular formula is C41H62O15. The number of esters is 1. The maximum Gasteiger partial charge on any atom is 0.312 e. The van der Waals surface area contributed by atoms with Crippen molar-refractivity contribution in [1.82, 2.24) is 0 Å². The van der Waals surface area contributed by atoms with Crippen LogP contribution < -0.4 is 0 Å². The molecule has 1 saturated carbocycles. The third kappa shape index (κ3) is 7.51. The zero-order valence-electron chi connectivity index (χ0n) is 33.7. The number of aliphatic hydroxyl groups excluding tert-OH is 3. The van der Waals surface area contributed by atoms with Crippen LogP contribution >= 0.6 is 0 Å². The molecule has 5 saturated heterocycles. The molecule has 2 aliphatic carbocycles. The Morgan fingerprint density at radius 2 is 1.48 bits per heavy atom. The fourth-order valence-electron chi connectivity index (χ4n) is 11.0. The van der Waals surface area contributed by atoms with E-state index in [1.807, 2.05) is 26.8 Å². The van der Waals surface area contributed by atoms with Crippen molar-refractivity contribution in [2.24, 2.45) is 23.2 Å². The summed E-state index contributed by atoms with van der Waals surface area (Å²) in [5.74, 6) is -2.08. The molecule has 0 aromatic heterocycles. The predicted molar refractivity (Wildman–Crippen MR) is 194 cm³/mol. The highest BCUT2D eigenvalue weighted by Crippen LogP contribution is 2.57. The molecule has 56 heavy (non-hydrogen) atoms. The molecule has 0 bridgehead atoms. The van der Waals surface area contributed by atoms with Crippen molar-refractivity contribution in [3.8, 4) is 0 Å². The van der Waals surface area contributed by atoms with Crippen LogP contribution in [-0.4, -0.2) is 140 Å². The molecule has 15 nitrogen and oxygen atoms in total. The number of methoxy groups -OCH3 is 2. The van der Waals surface area contributed by atoms with Crippen LogP contribution in [-0.2, 0) is 56.9 Å². The molecule has 0 aromatic carbocycles. The summed E-state index contributed by atoms with van der Waals surface area (Å²) in [5.41, 5.74) is 1.91. The first-order valence-corrected chi connectivity index (χ1v) is 20.7. The van der Waals surface area contributed by atoms with E-state index >= 15 is 0 Å². The summed E-state index contributed by atoms with van der Waals surface area (Å²) in [6.07, 6.45) is -0.204. The molecule has 0 amide bonds. The lowest BCUT2D eigenvalue weighted by Crippen LogP contribution is -2.56. The Hall–Kier alpha value is -1.73. The van der Waals surface area contributed by atoms with Crippen molar-refractivity contribution < 1.29 is 72.2 Å². The number of ether oxygens (including phenoxy) is 11. The first-order chi connectivity index (χ1) is 26.7.